The number of carbonyl (C=O) groups excluding carboxylic acids is 1. The van der Waals surface area contributed by atoms with E-state index >= 15 is 0 Å². The van der Waals surface area contributed by atoms with Gasteiger partial charge in [0.1, 0.15) is 11.6 Å². The van der Waals surface area contributed by atoms with E-state index < -0.39 is 11.6 Å². The number of halogens is 2. The Morgan fingerprint density at radius 1 is 1.32 bits per heavy atom. The summed E-state index contributed by atoms with van der Waals surface area (Å²) < 4.78 is 27.0. The molecule has 3 atom stereocenters. The molecule has 28 heavy (non-hydrogen) atoms. The Morgan fingerprint density at radius 2 is 2.18 bits per heavy atom. The first-order valence-corrected chi connectivity index (χ1v) is 9.54. The maximum absolute atomic E-state index is 13.9. The van der Waals surface area contributed by atoms with Gasteiger partial charge >= 0.3 is 6.03 Å². The van der Waals surface area contributed by atoms with Gasteiger partial charge in [0.25, 0.3) is 0 Å². The molecular weight excluding hydrogens is 364 g/mol. The number of hydrogen-bond donors (Lipinski definition) is 1. The number of aromatic nitrogens is 2. The van der Waals surface area contributed by atoms with Crippen LogP contribution in [0.3, 0.4) is 0 Å². The van der Waals surface area contributed by atoms with Crippen LogP contribution in [0.15, 0.2) is 36.5 Å². The van der Waals surface area contributed by atoms with Gasteiger partial charge < -0.3 is 15.1 Å². The first kappa shape index (κ1) is 18.6. The van der Waals surface area contributed by atoms with Crippen LogP contribution in [0.25, 0.3) is 0 Å². The Bertz CT molecular complexity index is 850. The van der Waals surface area contributed by atoms with Gasteiger partial charge in [-0.05, 0) is 43.0 Å². The zero-order chi connectivity index (χ0) is 19.7. The van der Waals surface area contributed by atoms with Gasteiger partial charge in [-0.15, -0.1) is 5.10 Å². The van der Waals surface area contributed by atoms with Crippen LogP contribution in [-0.2, 0) is 0 Å². The second kappa shape index (κ2) is 7.69. The fraction of sp³-hybridized carbons (Fsp3) is 0.450. The Morgan fingerprint density at radius 3 is 2.93 bits per heavy atom. The van der Waals surface area contributed by atoms with Crippen molar-refractivity contribution in [2.45, 2.75) is 37.3 Å². The van der Waals surface area contributed by atoms with Gasteiger partial charge in [-0.2, -0.15) is 5.10 Å². The molecule has 2 amide bonds. The van der Waals surface area contributed by atoms with Crippen molar-refractivity contribution in [2.24, 2.45) is 0 Å². The molecule has 1 aromatic carbocycles. The fourth-order valence-corrected chi connectivity index (χ4v) is 3.87. The molecule has 1 saturated carbocycles. The smallest absolute Gasteiger partial charge is 0.317 e. The zero-order valence-corrected chi connectivity index (χ0v) is 15.7. The number of nitrogens with one attached hydrogen (secondary N) is 1. The van der Waals surface area contributed by atoms with Crippen LogP contribution in [0.2, 0.25) is 0 Å². The predicted molar refractivity (Wildman–Crippen MR) is 101 cm³/mol. The average Bonchev–Trinajstić information content (AvgIpc) is 3.46. The molecule has 8 heteroatoms. The molecule has 2 fully saturated rings. The number of benzene rings is 1. The van der Waals surface area contributed by atoms with Crippen molar-refractivity contribution in [3.63, 3.8) is 0 Å². The number of nitrogens with zero attached hydrogens (tertiary/aromatic N) is 4. The molecular formula is C20H23F2N5O. The highest BCUT2D eigenvalue weighted by Crippen LogP contribution is 2.42. The lowest BCUT2D eigenvalue weighted by atomic mass is 10.0. The lowest BCUT2D eigenvalue weighted by molar-refractivity contribution is 0.182. The number of likely N-dealkylation sites (N-methyl/N-ethyl adjacent to an activating group) is 1. The molecule has 1 N–H and O–H groups in total. The van der Waals surface area contributed by atoms with Crippen LogP contribution < -0.4 is 10.2 Å². The number of hydrogen-bond acceptors (Lipinski definition) is 4. The van der Waals surface area contributed by atoms with Gasteiger partial charge in [0, 0.05) is 44.4 Å². The molecule has 2 aliphatic rings. The summed E-state index contributed by atoms with van der Waals surface area (Å²) >= 11 is 0. The summed E-state index contributed by atoms with van der Waals surface area (Å²) in [5.74, 6) is -0.426. The maximum atomic E-state index is 13.9. The third kappa shape index (κ3) is 3.90. The predicted octanol–water partition coefficient (Wildman–Crippen LogP) is 2.92. The molecule has 1 aliphatic carbocycles. The number of anilines is 1. The van der Waals surface area contributed by atoms with Gasteiger partial charge in [0.15, 0.2) is 5.82 Å². The topological polar surface area (TPSA) is 61.4 Å². The van der Waals surface area contributed by atoms with E-state index in [4.69, 9.17) is 0 Å². The molecule has 2 heterocycles. The van der Waals surface area contributed by atoms with Crippen LogP contribution in [0.1, 0.15) is 30.7 Å². The van der Waals surface area contributed by atoms with Crippen molar-refractivity contribution in [3.05, 3.63) is 53.7 Å². The summed E-state index contributed by atoms with van der Waals surface area (Å²) in [6.07, 6.45) is 4.19. The number of rotatable bonds is 4. The number of urea groups is 1. The lowest BCUT2D eigenvalue weighted by Gasteiger charge is -2.38. The molecule has 1 aliphatic heterocycles. The average molecular weight is 387 g/mol. The molecule has 1 aromatic heterocycles. The maximum Gasteiger partial charge on any atom is 0.317 e. The Hall–Kier alpha value is -2.77. The van der Waals surface area contributed by atoms with Crippen LogP contribution >= 0.6 is 0 Å². The van der Waals surface area contributed by atoms with Crippen molar-refractivity contribution < 1.29 is 13.6 Å². The highest BCUT2D eigenvalue weighted by atomic mass is 19.1. The summed E-state index contributed by atoms with van der Waals surface area (Å²) in [5, 5.41) is 11.1. The minimum absolute atomic E-state index is 0.0653. The minimum Gasteiger partial charge on any atom is -0.353 e. The quantitative estimate of drug-likeness (QED) is 0.876. The third-order valence-corrected chi connectivity index (χ3v) is 5.61. The summed E-state index contributed by atoms with van der Waals surface area (Å²) in [6, 6.07) is 7.16. The first-order chi connectivity index (χ1) is 13.5. The SMILES string of the molecule is CN(C(=O)N[C@H]1C[C@@H]1c1ccc(F)cc1F)[C@@H]1CCCN(c2cccnn2)C1. The molecule has 0 bridgehead atoms. The summed E-state index contributed by atoms with van der Waals surface area (Å²) in [7, 11) is 1.79. The number of piperidine rings is 1. The molecule has 0 spiro atoms. The first-order valence-electron chi connectivity index (χ1n) is 9.54. The zero-order valence-electron chi connectivity index (χ0n) is 15.7. The monoisotopic (exact) mass is 387 g/mol. The molecule has 2 aromatic rings. The van der Waals surface area contributed by atoms with Gasteiger partial charge in [0.2, 0.25) is 0 Å². The van der Waals surface area contributed by atoms with Crippen molar-refractivity contribution in [2.75, 3.05) is 25.0 Å². The molecule has 148 valence electrons. The molecule has 0 radical (unpaired) electrons. The van der Waals surface area contributed by atoms with Gasteiger partial charge in [-0.1, -0.05) is 6.07 Å². The van der Waals surface area contributed by atoms with Gasteiger partial charge in [0.05, 0.1) is 6.04 Å². The summed E-state index contributed by atoms with van der Waals surface area (Å²) in [4.78, 5) is 16.5. The van der Waals surface area contributed by atoms with E-state index in [1.807, 2.05) is 12.1 Å². The lowest BCUT2D eigenvalue weighted by Crippen LogP contribution is -2.52. The Balaban J connectivity index is 1.34. The van der Waals surface area contributed by atoms with Crippen LogP contribution in [0.4, 0.5) is 19.4 Å². The molecule has 0 unspecified atom stereocenters. The van der Waals surface area contributed by atoms with Crippen molar-refractivity contribution in [3.8, 4) is 0 Å². The summed E-state index contributed by atoms with van der Waals surface area (Å²) in [5.41, 5.74) is 0.459. The van der Waals surface area contributed by atoms with Crippen molar-refractivity contribution in [1.29, 1.82) is 0 Å². The summed E-state index contributed by atoms with van der Waals surface area (Å²) in [6.45, 7) is 1.59. The number of carbonyl (C=O) groups is 1. The standard InChI is InChI=1S/C20H23F2N5O/c1-26(14-4-3-9-27(12-14)19-5-2-8-23-25-19)20(28)24-18-11-16(18)15-7-6-13(21)10-17(15)22/h2,5-8,10,14,16,18H,3-4,9,11-12H2,1H3,(H,24,28)/t14-,16-,18+/m1/s1. The van der Waals surface area contributed by atoms with E-state index in [-0.39, 0.29) is 24.0 Å². The van der Waals surface area contributed by atoms with Crippen LogP contribution in [0.5, 0.6) is 0 Å². The van der Waals surface area contributed by atoms with Crippen LogP contribution in [0, 0.1) is 11.6 Å². The fourth-order valence-electron chi connectivity index (χ4n) is 3.87. The minimum atomic E-state index is -0.591. The van der Waals surface area contributed by atoms with E-state index in [2.05, 4.69) is 20.4 Å². The van der Waals surface area contributed by atoms with Crippen molar-refractivity contribution in [1.82, 2.24) is 20.4 Å². The Kier molecular flexibility index (Phi) is 5.11. The van der Waals surface area contributed by atoms with Crippen molar-refractivity contribution >= 4 is 11.8 Å². The van der Waals surface area contributed by atoms with E-state index in [1.165, 1.54) is 12.1 Å². The number of amides is 2. The second-order valence-corrected chi connectivity index (χ2v) is 7.50. The van der Waals surface area contributed by atoms with E-state index in [1.54, 1.807) is 18.1 Å². The molecule has 4 rings (SSSR count). The van der Waals surface area contributed by atoms with Gasteiger partial charge in [-0.3, -0.25) is 0 Å². The normalized spacial score (nSPS) is 24.0. The van der Waals surface area contributed by atoms with Gasteiger partial charge in [-0.25, -0.2) is 13.6 Å². The molecule has 6 nitrogen and oxygen atoms in total. The highest BCUT2D eigenvalue weighted by molar-refractivity contribution is 5.75. The van der Waals surface area contributed by atoms with Crippen LogP contribution in [-0.4, -0.2) is 53.3 Å². The third-order valence-electron chi connectivity index (χ3n) is 5.61. The van der Waals surface area contributed by atoms with E-state index in [0.717, 1.165) is 31.3 Å². The van der Waals surface area contributed by atoms with E-state index in [0.29, 0.717) is 18.5 Å². The van der Waals surface area contributed by atoms with E-state index in [9.17, 15) is 13.6 Å². The second-order valence-electron chi connectivity index (χ2n) is 7.50. The molecule has 1 saturated heterocycles. The Labute approximate surface area is 162 Å². The highest BCUT2D eigenvalue weighted by Gasteiger charge is 2.42. The largest absolute Gasteiger partial charge is 0.353 e.